The fourth-order valence-corrected chi connectivity index (χ4v) is 2.83. The van der Waals surface area contributed by atoms with Gasteiger partial charge in [0.15, 0.2) is 0 Å². The van der Waals surface area contributed by atoms with Crippen LogP contribution in [0, 0.1) is 13.8 Å². The van der Waals surface area contributed by atoms with E-state index in [9.17, 15) is 9.59 Å². The maximum absolute atomic E-state index is 12.4. The van der Waals surface area contributed by atoms with Crippen molar-refractivity contribution in [3.8, 4) is 0 Å². The van der Waals surface area contributed by atoms with Gasteiger partial charge in [-0.25, -0.2) is 4.98 Å². The molecule has 1 aliphatic rings. The van der Waals surface area contributed by atoms with Gasteiger partial charge in [0.2, 0.25) is 5.91 Å². The number of nitrogens with one attached hydrogen (secondary N) is 1. The van der Waals surface area contributed by atoms with E-state index in [1.165, 1.54) is 6.33 Å². The highest BCUT2D eigenvalue weighted by atomic mass is 16.5. The molecule has 7 heteroatoms. The van der Waals surface area contributed by atoms with Crippen molar-refractivity contribution in [1.29, 1.82) is 0 Å². The summed E-state index contributed by atoms with van der Waals surface area (Å²) in [6.07, 6.45) is 2.96. The van der Waals surface area contributed by atoms with E-state index in [0.717, 1.165) is 17.0 Å². The van der Waals surface area contributed by atoms with Gasteiger partial charge in [-0.2, -0.15) is 0 Å². The molecule has 0 saturated heterocycles. The van der Waals surface area contributed by atoms with Crippen LogP contribution in [0.5, 0.6) is 0 Å². The molecular formula is C15H18N4O3. The normalized spacial score (nSPS) is 14.0. The number of hydrogen-bond acceptors (Lipinski definition) is 5. The molecule has 22 heavy (non-hydrogen) atoms. The number of fused-ring (bicyclic) bond motifs is 1. The summed E-state index contributed by atoms with van der Waals surface area (Å²) in [5, 5.41) is 3.90. The van der Waals surface area contributed by atoms with Crippen LogP contribution in [-0.4, -0.2) is 32.5 Å². The first-order valence-corrected chi connectivity index (χ1v) is 7.31. The Balaban J connectivity index is 1.66. The number of hydrogen-bond donors (Lipinski definition) is 1. The first-order valence-electron chi connectivity index (χ1n) is 7.31. The van der Waals surface area contributed by atoms with Crippen molar-refractivity contribution < 1.29 is 9.32 Å². The smallest absolute Gasteiger partial charge is 0.254 e. The van der Waals surface area contributed by atoms with E-state index < -0.39 is 0 Å². The monoisotopic (exact) mass is 302 g/mol. The number of carbonyl (C=O) groups excluding carboxylic acids is 1. The minimum absolute atomic E-state index is 0.0627. The van der Waals surface area contributed by atoms with E-state index in [2.05, 4.69) is 15.1 Å². The standard InChI is InChI=1S/C15H18N4O3/c1-9-11(10(2)22-18-9)3-4-14(20)19-6-5-12-13(7-19)16-8-17-15(12)21/h8H,3-7H2,1-2H3,(H,16,17,21). The zero-order valence-corrected chi connectivity index (χ0v) is 12.7. The van der Waals surface area contributed by atoms with Crippen molar-refractivity contribution in [3.63, 3.8) is 0 Å². The summed E-state index contributed by atoms with van der Waals surface area (Å²) < 4.78 is 5.11. The first kappa shape index (κ1) is 14.5. The largest absolute Gasteiger partial charge is 0.361 e. The molecule has 0 aliphatic carbocycles. The summed E-state index contributed by atoms with van der Waals surface area (Å²) in [5.74, 6) is 0.829. The Morgan fingerprint density at radius 2 is 2.27 bits per heavy atom. The Morgan fingerprint density at radius 3 is 3.00 bits per heavy atom. The predicted molar refractivity (Wildman–Crippen MR) is 78.3 cm³/mol. The average molecular weight is 302 g/mol. The van der Waals surface area contributed by atoms with E-state index in [1.807, 2.05) is 13.8 Å². The van der Waals surface area contributed by atoms with Crippen molar-refractivity contribution in [2.24, 2.45) is 0 Å². The van der Waals surface area contributed by atoms with Crippen molar-refractivity contribution in [2.45, 2.75) is 39.7 Å². The van der Waals surface area contributed by atoms with Gasteiger partial charge >= 0.3 is 0 Å². The van der Waals surface area contributed by atoms with Crippen LogP contribution in [0.4, 0.5) is 0 Å². The van der Waals surface area contributed by atoms with Crippen molar-refractivity contribution >= 4 is 5.91 Å². The molecule has 3 heterocycles. The third-order valence-electron chi connectivity index (χ3n) is 4.13. The Kier molecular flexibility index (Phi) is 3.79. The third-order valence-corrected chi connectivity index (χ3v) is 4.13. The summed E-state index contributed by atoms with van der Waals surface area (Å²) in [6, 6.07) is 0. The second kappa shape index (κ2) is 5.75. The Labute approximate surface area is 127 Å². The maximum atomic E-state index is 12.4. The Bertz CT molecular complexity index is 743. The molecule has 0 spiro atoms. The molecule has 3 rings (SSSR count). The highest BCUT2D eigenvalue weighted by Gasteiger charge is 2.23. The van der Waals surface area contributed by atoms with Crippen LogP contribution in [0.1, 0.15) is 34.7 Å². The van der Waals surface area contributed by atoms with E-state index in [4.69, 9.17) is 4.52 Å². The highest BCUT2D eigenvalue weighted by molar-refractivity contribution is 5.76. The molecule has 0 radical (unpaired) electrons. The summed E-state index contributed by atoms with van der Waals surface area (Å²) in [4.78, 5) is 32.6. The maximum Gasteiger partial charge on any atom is 0.254 e. The first-order chi connectivity index (χ1) is 10.6. The van der Waals surface area contributed by atoms with Crippen LogP contribution < -0.4 is 5.56 Å². The lowest BCUT2D eigenvalue weighted by Gasteiger charge is -2.27. The molecule has 0 unspecified atom stereocenters. The molecule has 116 valence electrons. The van der Waals surface area contributed by atoms with Crippen LogP contribution >= 0.6 is 0 Å². The molecule has 0 fully saturated rings. The lowest BCUT2D eigenvalue weighted by atomic mass is 10.0. The third kappa shape index (κ3) is 2.66. The second-order valence-electron chi connectivity index (χ2n) is 5.52. The van der Waals surface area contributed by atoms with Gasteiger partial charge in [0.25, 0.3) is 5.56 Å². The van der Waals surface area contributed by atoms with Gasteiger partial charge in [0.1, 0.15) is 5.76 Å². The van der Waals surface area contributed by atoms with Gasteiger partial charge in [-0.3, -0.25) is 9.59 Å². The quantitative estimate of drug-likeness (QED) is 0.909. The number of aromatic nitrogens is 3. The number of aromatic amines is 1. The summed E-state index contributed by atoms with van der Waals surface area (Å²) in [6.45, 7) is 4.69. The molecule has 7 nitrogen and oxygen atoms in total. The lowest BCUT2D eigenvalue weighted by Crippen LogP contribution is -2.39. The Morgan fingerprint density at radius 1 is 1.45 bits per heavy atom. The molecule has 1 N–H and O–H groups in total. The summed E-state index contributed by atoms with van der Waals surface area (Å²) in [5.41, 5.74) is 3.12. The molecule has 0 atom stereocenters. The van der Waals surface area contributed by atoms with Gasteiger partial charge in [-0.1, -0.05) is 5.16 Å². The van der Waals surface area contributed by atoms with Crippen LogP contribution in [-0.2, 0) is 24.2 Å². The van der Waals surface area contributed by atoms with Gasteiger partial charge < -0.3 is 14.4 Å². The van der Waals surface area contributed by atoms with Crippen LogP contribution in [0.25, 0.3) is 0 Å². The van der Waals surface area contributed by atoms with Gasteiger partial charge in [0, 0.05) is 24.1 Å². The minimum atomic E-state index is -0.104. The number of carbonyl (C=O) groups is 1. The summed E-state index contributed by atoms with van der Waals surface area (Å²) in [7, 11) is 0. The average Bonchev–Trinajstić information content (AvgIpc) is 2.83. The van der Waals surface area contributed by atoms with Crippen molar-refractivity contribution in [1.82, 2.24) is 20.0 Å². The number of nitrogens with zero attached hydrogens (tertiary/aromatic N) is 3. The fourth-order valence-electron chi connectivity index (χ4n) is 2.83. The number of H-pyrrole nitrogens is 1. The fraction of sp³-hybridized carbons (Fsp3) is 0.467. The molecule has 0 aromatic carbocycles. The second-order valence-corrected chi connectivity index (χ2v) is 5.52. The number of aryl methyl sites for hydroxylation is 2. The zero-order valence-electron chi connectivity index (χ0n) is 12.7. The van der Waals surface area contributed by atoms with Crippen molar-refractivity contribution in [3.05, 3.63) is 45.0 Å². The topological polar surface area (TPSA) is 92.1 Å². The van der Waals surface area contributed by atoms with Gasteiger partial charge in [-0.15, -0.1) is 0 Å². The van der Waals surface area contributed by atoms with Crippen LogP contribution in [0.3, 0.4) is 0 Å². The van der Waals surface area contributed by atoms with Crippen molar-refractivity contribution in [2.75, 3.05) is 6.54 Å². The minimum Gasteiger partial charge on any atom is -0.361 e. The van der Waals surface area contributed by atoms with Gasteiger partial charge in [-0.05, 0) is 26.7 Å². The lowest BCUT2D eigenvalue weighted by molar-refractivity contribution is -0.132. The van der Waals surface area contributed by atoms with E-state index in [1.54, 1.807) is 4.90 Å². The molecule has 2 aromatic heterocycles. The van der Waals surface area contributed by atoms with E-state index in [-0.39, 0.29) is 11.5 Å². The molecule has 0 saturated carbocycles. The number of amides is 1. The molecule has 2 aromatic rings. The molecule has 0 bridgehead atoms. The van der Waals surface area contributed by atoms with E-state index >= 15 is 0 Å². The highest BCUT2D eigenvalue weighted by Crippen LogP contribution is 2.17. The summed E-state index contributed by atoms with van der Waals surface area (Å²) >= 11 is 0. The zero-order chi connectivity index (χ0) is 15.7. The molecule has 1 amide bonds. The Hall–Kier alpha value is -2.44. The molecule has 1 aliphatic heterocycles. The van der Waals surface area contributed by atoms with Crippen LogP contribution in [0.2, 0.25) is 0 Å². The molecular weight excluding hydrogens is 284 g/mol. The number of rotatable bonds is 3. The predicted octanol–water partition coefficient (Wildman–Crippen LogP) is 0.892. The van der Waals surface area contributed by atoms with Gasteiger partial charge in [0.05, 0.1) is 24.3 Å². The SMILES string of the molecule is Cc1noc(C)c1CCC(=O)N1CCc2c(nc[nH]c2=O)C1. The van der Waals surface area contributed by atoms with Crippen LogP contribution in [0.15, 0.2) is 15.6 Å². The van der Waals surface area contributed by atoms with E-state index in [0.29, 0.717) is 43.6 Å².